The van der Waals surface area contributed by atoms with Crippen molar-refractivity contribution in [2.75, 3.05) is 0 Å². The van der Waals surface area contributed by atoms with E-state index in [0.717, 1.165) is 23.0 Å². The summed E-state index contributed by atoms with van der Waals surface area (Å²) < 4.78 is 11.6. The van der Waals surface area contributed by atoms with Crippen molar-refractivity contribution >= 4 is 0 Å². The Morgan fingerprint density at radius 3 is 2.94 bits per heavy atom. The maximum Gasteiger partial charge on any atom is 0.130 e. The second-order valence-electron chi connectivity index (χ2n) is 5.40. The van der Waals surface area contributed by atoms with E-state index in [2.05, 4.69) is 6.92 Å². The van der Waals surface area contributed by atoms with Crippen LogP contribution in [0.1, 0.15) is 56.1 Å². The van der Waals surface area contributed by atoms with Crippen LogP contribution in [0, 0.1) is 12.8 Å². The van der Waals surface area contributed by atoms with E-state index < -0.39 is 0 Å². The fourth-order valence-corrected chi connectivity index (χ4v) is 2.83. The maximum atomic E-state index is 5.98. The topological polar surface area (TPSA) is 48.4 Å². The smallest absolute Gasteiger partial charge is 0.130 e. The molecular weight excluding hydrogens is 226 g/mol. The summed E-state index contributed by atoms with van der Waals surface area (Å²) in [5.41, 5.74) is 6.74. The summed E-state index contributed by atoms with van der Waals surface area (Å²) in [6.07, 6.45) is 6.76. The van der Waals surface area contributed by atoms with Crippen LogP contribution in [0.4, 0.5) is 0 Å². The SMILES string of the molecule is CCC1CCCC(OCc2cc(C)c(CN)o2)C1. The van der Waals surface area contributed by atoms with Crippen molar-refractivity contribution in [2.24, 2.45) is 11.7 Å². The van der Waals surface area contributed by atoms with E-state index in [1.54, 1.807) is 0 Å². The Morgan fingerprint density at radius 2 is 2.28 bits per heavy atom. The molecule has 2 N–H and O–H groups in total. The number of rotatable bonds is 5. The zero-order valence-electron chi connectivity index (χ0n) is 11.6. The van der Waals surface area contributed by atoms with Gasteiger partial charge in [0.05, 0.1) is 12.6 Å². The highest BCUT2D eigenvalue weighted by Gasteiger charge is 2.21. The summed E-state index contributed by atoms with van der Waals surface area (Å²) >= 11 is 0. The van der Waals surface area contributed by atoms with Crippen LogP contribution in [-0.4, -0.2) is 6.10 Å². The fraction of sp³-hybridized carbons (Fsp3) is 0.733. The molecule has 1 heterocycles. The fourth-order valence-electron chi connectivity index (χ4n) is 2.83. The minimum atomic E-state index is 0.412. The van der Waals surface area contributed by atoms with Crippen molar-refractivity contribution < 1.29 is 9.15 Å². The molecule has 0 aliphatic heterocycles. The summed E-state index contributed by atoms with van der Waals surface area (Å²) in [7, 11) is 0. The molecule has 0 spiro atoms. The molecule has 2 rings (SSSR count). The number of hydrogen-bond acceptors (Lipinski definition) is 3. The van der Waals surface area contributed by atoms with Gasteiger partial charge in [-0.05, 0) is 37.3 Å². The van der Waals surface area contributed by atoms with E-state index in [9.17, 15) is 0 Å². The Labute approximate surface area is 110 Å². The molecule has 1 saturated carbocycles. The molecule has 0 radical (unpaired) electrons. The molecule has 2 unspecified atom stereocenters. The van der Waals surface area contributed by atoms with Gasteiger partial charge in [-0.25, -0.2) is 0 Å². The van der Waals surface area contributed by atoms with Gasteiger partial charge in [-0.1, -0.05) is 26.2 Å². The Morgan fingerprint density at radius 1 is 1.44 bits per heavy atom. The van der Waals surface area contributed by atoms with Crippen LogP contribution in [0.3, 0.4) is 0 Å². The Balaban J connectivity index is 1.83. The first-order chi connectivity index (χ1) is 8.72. The van der Waals surface area contributed by atoms with Gasteiger partial charge in [-0.2, -0.15) is 0 Å². The lowest BCUT2D eigenvalue weighted by Gasteiger charge is -2.28. The largest absolute Gasteiger partial charge is 0.462 e. The summed E-state index contributed by atoms with van der Waals surface area (Å²) in [4.78, 5) is 0. The normalized spacial score (nSPS) is 24.4. The molecule has 1 aliphatic rings. The number of aryl methyl sites for hydroxylation is 1. The van der Waals surface area contributed by atoms with Crippen LogP contribution in [0.5, 0.6) is 0 Å². The maximum absolute atomic E-state index is 5.98. The Hall–Kier alpha value is -0.800. The molecule has 3 heteroatoms. The Bertz CT molecular complexity index is 373. The van der Waals surface area contributed by atoms with E-state index in [0.29, 0.717) is 19.3 Å². The number of nitrogens with two attached hydrogens (primary N) is 1. The van der Waals surface area contributed by atoms with Crippen molar-refractivity contribution in [3.8, 4) is 0 Å². The van der Waals surface area contributed by atoms with Crippen molar-refractivity contribution in [1.29, 1.82) is 0 Å². The highest BCUT2D eigenvalue weighted by Crippen LogP contribution is 2.29. The third kappa shape index (κ3) is 3.36. The summed E-state index contributed by atoms with van der Waals surface area (Å²) in [5.74, 6) is 2.64. The standard InChI is InChI=1S/C15H25NO2/c1-3-12-5-4-6-13(8-12)17-10-14-7-11(2)15(9-16)18-14/h7,12-13H,3-6,8-10,16H2,1-2H3. The zero-order chi connectivity index (χ0) is 13.0. The van der Waals surface area contributed by atoms with Gasteiger partial charge in [-0.15, -0.1) is 0 Å². The lowest BCUT2D eigenvalue weighted by atomic mass is 9.85. The predicted molar refractivity (Wildman–Crippen MR) is 72.2 cm³/mol. The molecular formula is C15H25NO2. The third-order valence-corrected chi connectivity index (χ3v) is 4.03. The monoisotopic (exact) mass is 251 g/mol. The van der Waals surface area contributed by atoms with Crippen molar-refractivity contribution in [3.63, 3.8) is 0 Å². The van der Waals surface area contributed by atoms with Crippen LogP contribution in [0.15, 0.2) is 10.5 Å². The molecule has 0 amide bonds. The minimum absolute atomic E-state index is 0.412. The first-order valence-corrected chi connectivity index (χ1v) is 7.12. The molecule has 1 aliphatic carbocycles. The molecule has 0 bridgehead atoms. The van der Waals surface area contributed by atoms with Gasteiger partial charge in [0.15, 0.2) is 0 Å². The highest BCUT2D eigenvalue weighted by atomic mass is 16.5. The van der Waals surface area contributed by atoms with E-state index in [1.807, 2.05) is 13.0 Å². The number of hydrogen-bond donors (Lipinski definition) is 1. The number of ether oxygens (including phenoxy) is 1. The van der Waals surface area contributed by atoms with Crippen LogP contribution >= 0.6 is 0 Å². The van der Waals surface area contributed by atoms with Crippen LogP contribution in [0.2, 0.25) is 0 Å². The molecule has 102 valence electrons. The first kappa shape index (κ1) is 13.6. The third-order valence-electron chi connectivity index (χ3n) is 4.03. The van der Waals surface area contributed by atoms with Crippen molar-refractivity contribution in [3.05, 3.63) is 23.2 Å². The molecule has 1 fully saturated rings. The summed E-state index contributed by atoms with van der Waals surface area (Å²) in [6.45, 7) is 5.36. The zero-order valence-corrected chi connectivity index (χ0v) is 11.6. The second-order valence-corrected chi connectivity index (χ2v) is 5.40. The molecule has 3 nitrogen and oxygen atoms in total. The molecule has 1 aromatic rings. The van der Waals surface area contributed by atoms with E-state index in [4.69, 9.17) is 14.9 Å². The summed E-state index contributed by atoms with van der Waals surface area (Å²) in [6, 6.07) is 2.04. The van der Waals surface area contributed by atoms with E-state index in [1.165, 1.54) is 32.1 Å². The molecule has 2 atom stereocenters. The molecule has 0 saturated heterocycles. The van der Waals surface area contributed by atoms with Gasteiger partial charge in [-0.3, -0.25) is 0 Å². The van der Waals surface area contributed by atoms with Gasteiger partial charge >= 0.3 is 0 Å². The second kappa shape index (κ2) is 6.39. The van der Waals surface area contributed by atoms with Gasteiger partial charge in [0.1, 0.15) is 18.1 Å². The quantitative estimate of drug-likeness (QED) is 0.870. The lowest BCUT2D eigenvalue weighted by molar-refractivity contribution is -0.00564. The van der Waals surface area contributed by atoms with Crippen LogP contribution in [-0.2, 0) is 17.9 Å². The van der Waals surface area contributed by atoms with E-state index >= 15 is 0 Å². The van der Waals surface area contributed by atoms with Crippen molar-refractivity contribution in [2.45, 2.75) is 65.2 Å². The predicted octanol–water partition coefficient (Wildman–Crippen LogP) is 3.53. The minimum Gasteiger partial charge on any atom is -0.462 e. The Kier molecular flexibility index (Phi) is 4.84. The van der Waals surface area contributed by atoms with Crippen molar-refractivity contribution in [1.82, 2.24) is 0 Å². The molecule has 1 aromatic heterocycles. The summed E-state index contributed by atoms with van der Waals surface area (Å²) in [5, 5.41) is 0. The van der Waals surface area contributed by atoms with Gasteiger partial charge in [0.25, 0.3) is 0 Å². The highest BCUT2D eigenvalue weighted by molar-refractivity contribution is 5.19. The van der Waals surface area contributed by atoms with Crippen LogP contribution < -0.4 is 5.73 Å². The lowest BCUT2D eigenvalue weighted by Crippen LogP contribution is -2.22. The van der Waals surface area contributed by atoms with E-state index in [-0.39, 0.29) is 0 Å². The van der Waals surface area contributed by atoms with Gasteiger partial charge in [0, 0.05) is 0 Å². The average Bonchev–Trinajstić information content (AvgIpc) is 2.77. The van der Waals surface area contributed by atoms with Gasteiger partial charge < -0.3 is 14.9 Å². The first-order valence-electron chi connectivity index (χ1n) is 7.12. The average molecular weight is 251 g/mol. The number of furan rings is 1. The molecule has 0 aromatic carbocycles. The van der Waals surface area contributed by atoms with Crippen LogP contribution in [0.25, 0.3) is 0 Å². The van der Waals surface area contributed by atoms with Gasteiger partial charge in [0.2, 0.25) is 0 Å². The molecule has 18 heavy (non-hydrogen) atoms.